The minimum Gasteiger partial charge on any atom is -0.391 e. The molecular formula is C16H28O2Si. The van der Waals surface area contributed by atoms with E-state index in [1.807, 2.05) is 14.2 Å². The minimum atomic E-state index is -2.33. The fraction of sp³-hybridized carbons (Fsp3) is 0.750. The lowest BCUT2D eigenvalue weighted by Crippen LogP contribution is -2.46. The molecule has 0 saturated heterocycles. The van der Waals surface area contributed by atoms with Crippen molar-refractivity contribution in [3.05, 3.63) is 21.5 Å². The average molecular weight is 280 g/mol. The summed E-state index contributed by atoms with van der Waals surface area (Å²) in [7, 11) is 1.37. The maximum absolute atomic E-state index is 6.09. The van der Waals surface area contributed by atoms with Gasteiger partial charge in [0, 0.05) is 14.2 Å². The Morgan fingerprint density at radius 2 is 1.16 bits per heavy atom. The first kappa shape index (κ1) is 15.0. The first-order chi connectivity index (χ1) is 8.94. The van der Waals surface area contributed by atoms with Crippen molar-refractivity contribution in [2.24, 2.45) is 11.8 Å². The van der Waals surface area contributed by atoms with Crippen LogP contribution in [0.5, 0.6) is 0 Å². The Hall–Kier alpha value is -0.383. The summed E-state index contributed by atoms with van der Waals surface area (Å²) in [6.45, 7) is 9.21. The molecule has 2 unspecified atom stereocenters. The van der Waals surface area contributed by atoms with E-state index in [0.717, 1.165) is 24.7 Å². The summed E-state index contributed by atoms with van der Waals surface area (Å²) in [5, 5.41) is 3.02. The van der Waals surface area contributed by atoms with E-state index in [0.29, 0.717) is 0 Å². The van der Waals surface area contributed by atoms with Gasteiger partial charge in [0.15, 0.2) is 0 Å². The molecule has 0 radical (unpaired) electrons. The van der Waals surface area contributed by atoms with E-state index >= 15 is 0 Å². The Morgan fingerprint density at radius 1 is 0.789 bits per heavy atom. The van der Waals surface area contributed by atoms with Gasteiger partial charge in [-0.2, -0.15) is 0 Å². The molecule has 2 nitrogen and oxygen atoms in total. The molecule has 0 aromatic carbocycles. The first-order valence-corrected chi connectivity index (χ1v) is 9.24. The summed E-state index contributed by atoms with van der Waals surface area (Å²) < 4.78 is 12.2. The van der Waals surface area contributed by atoms with Gasteiger partial charge in [-0.1, -0.05) is 25.0 Å². The van der Waals surface area contributed by atoms with Gasteiger partial charge in [-0.05, 0) is 61.8 Å². The predicted molar refractivity (Wildman–Crippen MR) is 82.0 cm³/mol. The molecule has 0 saturated carbocycles. The van der Waals surface area contributed by atoms with Gasteiger partial charge in [0.05, 0.1) is 0 Å². The van der Waals surface area contributed by atoms with Gasteiger partial charge in [0.25, 0.3) is 0 Å². The second kappa shape index (κ2) is 5.55. The molecule has 2 aliphatic rings. The third kappa shape index (κ3) is 2.48. The lowest BCUT2D eigenvalue weighted by Gasteiger charge is -2.32. The SMILES string of the molecule is CO[Si](OC)(C1=C(C)CC(C)C1)C1=C(C)CC(C)C1. The molecule has 0 amide bonds. The van der Waals surface area contributed by atoms with E-state index < -0.39 is 8.56 Å². The highest BCUT2D eigenvalue weighted by atomic mass is 28.4. The zero-order valence-corrected chi connectivity index (χ0v) is 14.3. The van der Waals surface area contributed by atoms with Crippen molar-refractivity contribution in [1.29, 1.82) is 0 Å². The fourth-order valence-electron chi connectivity index (χ4n) is 4.07. The van der Waals surface area contributed by atoms with E-state index in [1.54, 1.807) is 0 Å². The Labute approximate surface area is 119 Å². The minimum absolute atomic E-state index is 0.743. The predicted octanol–water partition coefficient (Wildman–Crippen LogP) is 4.29. The summed E-state index contributed by atoms with van der Waals surface area (Å²) in [5.74, 6) is 1.49. The van der Waals surface area contributed by atoms with Gasteiger partial charge in [-0.25, -0.2) is 0 Å². The highest BCUT2D eigenvalue weighted by Gasteiger charge is 2.49. The molecule has 0 heterocycles. The van der Waals surface area contributed by atoms with E-state index in [2.05, 4.69) is 27.7 Å². The molecule has 2 rings (SSSR count). The van der Waals surface area contributed by atoms with Crippen LogP contribution in [-0.2, 0) is 8.85 Å². The van der Waals surface area contributed by atoms with E-state index in [1.165, 1.54) is 34.4 Å². The maximum atomic E-state index is 6.09. The summed E-state index contributed by atoms with van der Waals surface area (Å²) in [4.78, 5) is 0. The van der Waals surface area contributed by atoms with Crippen molar-refractivity contribution in [2.75, 3.05) is 14.2 Å². The average Bonchev–Trinajstić information content (AvgIpc) is 2.86. The summed E-state index contributed by atoms with van der Waals surface area (Å²) in [6, 6.07) is 0. The third-order valence-corrected chi connectivity index (χ3v) is 8.82. The standard InChI is InChI=1S/C16H28O2Si/c1-11-7-13(3)15(9-11)19(17-5,18-6)16-10-12(2)8-14(16)4/h11-12H,7-10H2,1-6H3. The topological polar surface area (TPSA) is 18.5 Å². The van der Waals surface area contributed by atoms with Crippen LogP contribution < -0.4 is 0 Å². The molecule has 19 heavy (non-hydrogen) atoms. The van der Waals surface area contributed by atoms with Crippen LogP contribution in [0.1, 0.15) is 53.4 Å². The smallest absolute Gasteiger partial charge is 0.391 e. The first-order valence-electron chi connectivity index (χ1n) is 7.43. The molecule has 0 N–H and O–H groups in total. The van der Waals surface area contributed by atoms with Crippen LogP contribution in [0.15, 0.2) is 21.5 Å². The van der Waals surface area contributed by atoms with Gasteiger partial charge in [-0.3, -0.25) is 0 Å². The molecule has 0 spiro atoms. The molecule has 0 bridgehead atoms. The molecule has 3 heteroatoms. The summed E-state index contributed by atoms with van der Waals surface area (Å²) in [6.07, 6.45) is 4.73. The van der Waals surface area contributed by atoms with Crippen LogP contribution in [-0.4, -0.2) is 22.8 Å². The lowest BCUT2D eigenvalue weighted by molar-refractivity contribution is 0.258. The Kier molecular flexibility index (Phi) is 4.38. The van der Waals surface area contributed by atoms with Gasteiger partial charge in [0.1, 0.15) is 0 Å². The Balaban J connectivity index is 2.45. The van der Waals surface area contributed by atoms with E-state index in [9.17, 15) is 0 Å². The van der Waals surface area contributed by atoms with Crippen LogP contribution in [0, 0.1) is 11.8 Å². The zero-order valence-electron chi connectivity index (χ0n) is 13.3. The maximum Gasteiger partial charge on any atom is 0.398 e. The molecule has 0 fully saturated rings. The number of hydrogen-bond donors (Lipinski definition) is 0. The van der Waals surface area contributed by atoms with Gasteiger partial charge < -0.3 is 8.85 Å². The number of rotatable bonds is 4. The van der Waals surface area contributed by atoms with Crippen LogP contribution in [0.2, 0.25) is 0 Å². The molecule has 2 aliphatic carbocycles. The molecular weight excluding hydrogens is 252 g/mol. The monoisotopic (exact) mass is 280 g/mol. The molecule has 0 aromatic heterocycles. The summed E-state index contributed by atoms with van der Waals surface area (Å²) >= 11 is 0. The van der Waals surface area contributed by atoms with E-state index in [4.69, 9.17) is 8.85 Å². The largest absolute Gasteiger partial charge is 0.398 e. The number of allylic oxidation sites excluding steroid dienone is 4. The fourth-order valence-corrected chi connectivity index (χ4v) is 8.15. The highest BCUT2D eigenvalue weighted by molar-refractivity contribution is 6.82. The Bertz CT molecular complexity index is 382. The summed E-state index contributed by atoms with van der Waals surface area (Å²) in [5.41, 5.74) is 3.03. The second-order valence-corrected chi connectivity index (χ2v) is 9.83. The lowest BCUT2D eigenvalue weighted by atomic mass is 10.1. The van der Waals surface area contributed by atoms with Crippen molar-refractivity contribution in [3.63, 3.8) is 0 Å². The quantitative estimate of drug-likeness (QED) is 0.715. The normalized spacial score (nSPS) is 28.7. The Morgan fingerprint density at radius 3 is 1.37 bits per heavy atom. The molecule has 0 aliphatic heterocycles. The van der Waals surface area contributed by atoms with Gasteiger partial charge in [-0.15, -0.1) is 0 Å². The zero-order chi connectivity index (χ0) is 14.2. The van der Waals surface area contributed by atoms with Crippen LogP contribution in [0.3, 0.4) is 0 Å². The van der Waals surface area contributed by atoms with Crippen molar-refractivity contribution in [2.45, 2.75) is 53.4 Å². The molecule has 108 valence electrons. The van der Waals surface area contributed by atoms with Crippen molar-refractivity contribution < 1.29 is 8.85 Å². The molecule has 2 atom stereocenters. The third-order valence-electron chi connectivity index (χ3n) is 4.81. The van der Waals surface area contributed by atoms with E-state index in [-0.39, 0.29) is 0 Å². The van der Waals surface area contributed by atoms with Crippen molar-refractivity contribution in [3.8, 4) is 0 Å². The van der Waals surface area contributed by atoms with Crippen LogP contribution in [0.25, 0.3) is 0 Å². The van der Waals surface area contributed by atoms with Crippen molar-refractivity contribution >= 4 is 8.56 Å². The highest BCUT2D eigenvalue weighted by Crippen LogP contribution is 2.45. The molecule has 0 aromatic rings. The van der Waals surface area contributed by atoms with Gasteiger partial charge >= 0.3 is 8.56 Å². The second-order valence-electron chi connectivity index (χ2n) is 6.57. The number of hydrogen-bond acceptors (Lipinski definition) is 2. The van der Waals surface area contributed by atoms with Crippen LogP contribution >= 0.6 is 0 Å². The van der Waals surface area contributed by atoms with Crippen molar-refractivity contribution in [1.82, 2.24) is 0 Å². The van der Waals surface area contributed by atoms with Gasteiger partial charge in [0.2, 0.25) is 0 Å². The van der Waals surface area contributed by atoms with Crippen LogP contribution in [0.4, 0.5) is 0 Å².